The van der Waals surface area contributed by atoms with E-state index in [2.05, 4.69) is 9.36 Å². The van der Waals surface area contributed by atoms with E-state index < -0.39 is 12.1 Å². The number of nitrogens with zero attached hydrogens (tertiary/aromatic N) is 4. The Bertz CT molecular complexity index is 468. The molecule has 0 aromatic carbocycles. The van der Waals surface area contributed by atoms with Gasteiger partial charge in [0.15, 0.2) is 0 Å². The van der Waals surface area contributed by atoms with Crippen molar-refractivity contribution in [3.63, 3.8) is 0 Å². The summed E-state index contributed by atoms with van der Waals surface area (Å²) in [4.78, 5) is 19.2. The second kappa shape index (κ2) is 6.45. The number of nitrogens with two attached hydrogens (primary N) is 1. The number of halogens is 1. The molecule has 0 aliphatic carbocycles. The minimum Gasteiger partial charge on any atom is -0.369 e. The lowest BCUT2D eigenvalue weighted by molar-refractivity contribution is -0.119. The van der Waals surface area contributed by atoms with E-state index in [0.717, 1.165) is 17.4 Å². The Hall–Kier alpha value is -1.28. The average Bonchev–Trinajstić information content (AvgIpc) is 2.96. The summed E-state index contributed by atoms with van der Waals surface area (Å²) < 4.78 is 17.8. The number of carbonyl (C=O) groups is 1. The summed E-state index contributed by atoms with van der Waals surface area (Å²) in [5.41, 5.74) is 5.21. The van der Waals surface area contributed by atoms with Gasteiger partial charge in [-0.1, -0.05) is 6.92 Å². The lowest BCUT2D eigenvalue weighted by atomic mass is 10.2. The van der Waals surface area contributed by atoms with Crippen LogP contribution in [0, 0.1) is 0 Å². The van der Waals surface area contributed by atoms with Crippen LogP contribution in [0.25, 0.3) is 0 Å². The van der Waals surface area contributed by atoms with Gasteiger partial charge in [0.25, 0.3) is 0 Å². The summed E-state index contributed by atoms with van der Waals surface area (Å²) in [7, 11) is 1.91. The molecule has 1 saturated heterocycles. The van der Waals surface area contributed by atoms with Gasteiger partial charge in [-0.3, -0.25) is 9.69 Å². The molecular formula is C12H20FN5OS. The maximum Gasteiger partial charge on any atom is 0.231 e. The third kappa shape index (κ3) is 3.63. The molecule has 1 aliphatic heterocycles. The molecule has 0 unspecified atom stereocenters. The highest BCUT2D eigenvalue weighted by molar-refractivity contribution is 7.09. The topological polar surface area (TPSA) is 75.3 Å². The third-order valence-electron chi connectivity index (χ3n) is 3.42. The quantitative estimate of drug-likeness (QED) is 0.825. The van der Waals surface area contributed by atoms with Crippen LogP contribution in [0.1, 0.15) is 19.2 Å². The molecule has 0 bridgehead atoms. The molecule has 1 aromatic rings. The molecule has 0 saturated carbocycles. The van der Waals surface area contributed by atoms with Crippen LogP contribution >= 0.6 is 11.5 Å². The minimum atomic E-state index is -0.895. The predicted octanol–water partition coefficient (Wildman–Crippen LogP) is 0.434. The highest BCUT2D eigenvalue weighted by Crippen LogP contribution is 2.23. The number of primary amides is 1. The summed E-state index contributed by atoms with van der Waals surface area (Å²) in [6, 6.07) is -0.0172. The van der Waals surface area contributed by atoms with Gasteiger partial charge in [0.05, 0.1) is 6.54 Å². The first-order valence-corrected chi connectivity index (χ1v) is 7.47. The van der Waals surface area contributed by atoms with Crippen LogP contribution in [0.5, 0.6) is 0 Å². The number of rotatable bonds is 6. The van der Waals surface area contributed by atoms with Gasteiger partial charge in [0.1, 0.15) is 12.0 Å². The van der Waals surface area contributed by atoms with E-state index in [9.17, 15) is 9.18 Å². The van der Waals surface area contributed by atoms with E-state index in [1.165, 1.54) is 11.5 Å². The fraction of sp³-hybridized carbons (Fsp3) is 0.750. The largest absolute Gasteiger partial charge is 0.369 e. The van der Waals surface area contributed by atoms with Crippen LogP contribution in [-0.2, 0) is 11.2 Å². The smallest absolute Gasteiger partial charge is 0.231 e. The maximum absolute atomic E-state index is 13.5. The van der Waals surface area contributed by atoms with E-state index in [1.807, 2.05) is 23.8 Å². The monoisotopic (exact) mass is 301 g/mol. The van der Waals surface area contributed by atoms with Gasteiger partial charge in [0.2, 0.25) is 11.0 Å². The van der Waals surface area contributed by atoms with Gasteiger partial charge >= 0.3 is 0 Å². The molecule has 2 N–H and O–H groups in total. The van der Waals surface area contributed by atoms with Crippen molar-refractivity contribution < 1.29 is 9.18 Å². The standard InChI is InChI=1S/C12H20FN5OS/c1-3-11-15-12(20-16-11)17(2)6-9-4-8(13)5-18(9)7-10(14)19/h8-9H,3-7H2,1-2H3,(H2,14,19)/t8-,9-/m0/s1. The Morgan fingerprint density at radius 1 is 1.65 bits per heavy atom. The zero-order chi connectivity index (χ0) is 14.7. The molecule has 1 aliphatic rings. The molecular weight excluding hydrogens is 281 g/mol. The first-order valence-electron chi connectivity index (χ1n) is 6.69. The van der Waals surface area contributed by atoms with Gasteiger partial charge < -0.3 is 10.6 Å². The number of anilines is 1. The Kier molecular flexibility index (Phi) is 4.87. The summed E-state index contributed by atoms with van der Waals surface area (Å²) in [5, 5.41) is 0.822. The van der Waals surface area contributed by atoms with Crippen molar-refractivity contribution in [3.8, 4) is 0 Å². The average molecular weight is 301 g/mol. The number of likely N-dealkylation sites (tertiary alicyclic amines) is 1. The molecule has 112 valence electrons. The first-order chi connectivity index (χ1) is 9.49. The Morgan fingerprint density at radius 2 is 2.40 bits per heavy atom. The third-order valence-corrected chi connectivity index (χ3v) is 4.29. The minimum absolute atomic E-state index is 0.0172. The number of amides is 1. The van der Waals surface area contributed by atoms with Crippen molar-refractivity contribution in [2.45, 2.75) is 32.0 Å². The van der Waals surface area contributed by atoms with Gasteiger partial charge in [-0.15, -0.1) is 0 Å². The number of alkyl halides is 1. The number of aryl methyl sites for hydroxylation is 1. The summed E-state index contributed by atoms with van der Waals surface area (Å²) >= 11 is 1.34. The number of likely N-dealkylation sites (N-methyl/N-ethyl adjacent to an activating group) is 1. The Balaban J connectivity index is 1.98. The van der Waals surface area contributed by atoms with Crippen LogP contribution < -0.4 is 10.6 Å². The second-order valence-corrected chi connectivity index (χ2v) is 5.84. The highest BCUT2D eigenvalue weighted by Gasteiger charge is 2.33. The van der Waals surface area contributed by atoms with Crippen LogP contribution in [0.4, 0.5) is 9.52 Å². The number of aromatic nitrogens is 2. The van der Waals surface area contributed by atoms with E-state index in [0.29, 0.717) is 13.0 Å². The Morgan fingerprint density at radius 3 is 3.00 bits per heavy atom. The van der Waals surface area contributed by atoms with Crippen molar-refractivity contribution in [2.24, 2.45) is 5.73 Å². The molecule has 2 rings (SSSR count). The van der Waals surface area contributed by atoms with Crippen LogP contribution in [-0.4, -0.2) is 59.1 Å². The zero-order valence-electron chi connectivity index (χ0n) is 11.8. The molecule has 1 amide bonds. The predicted molar refractivity (Wildman–Crippen MR) is 76.6 cm³/mol. The van der Waals surface area contributed by atoms with Crippen molar-refractivity contribution in [2.75, 3.05) is 31.6 Å². The number of hydrogen-bond donors (Lipinski definition) is 1. The second-order valence-electron chi connectivity index (χ2n) is 5.11. The normalized spacial score (nSPS) is 23.1. The van der Waals surface area contributed by atoms with Crippen LogP contribution in [0.15, 0.2) is 0 Å². The molecule has 8 heteroatoms. The summed E-state index contributed by atoms with van der Waals surface area (Å²) in [5.74, 6) is 0.400. The molecule has 2 atom stereocenters. The van der Waals surface area contributed by atoms with Gasteiger partial charge in [-0.25, -0.2) is 9.37 Å². The van der Waals surface area contributed by atoms with Gasteiger partial charge in [-0.2, -0.15) is 4.37 Å². The van der Waals surface area contributed by atoms with Crippen molar-refractivity contribution in [1.82, 2.24) is 14.3 Å². The Labute approximate surface area is 121 Å². The van der Waals surface area contributed by atoms with Crippen molar-refractivity contribution in [1.29, 1.82) is 0 Å². The molecule has 0 spiro atoms. The fourth-order valence-electron chi connectivity index (χ4n) is 2.44. The lowest BCUT2D eigenvalue weighted by Crippen LogP contribution is -2.43. The highest BCUT2D eigenvalue weighted by atomic mass is 32.1. The fourth-order valence-corrected chi connectivity index (χ4v) is 3.16. The van der Waals surface area contributed by atoms with Gasteiger partial charge in [0, 0.05) is 44.1 Å². The first kappa shape index (κ1) is 15.1. The van der Waals surface area contributed by atoms with Crippen molar-refractivity contribution >= 4 is 22.6 Å². The number of carbonyl (C=O) groups excluding carboxylic acids is 1. The van der Waals surface area contributed by atoms with Gasteiger partial charge in [-0.05, 0) is 6.42 Å². The van der Waals surface area contributed by atoms with E-state index in [4.69, 9.17) is 5.73 Å². The molecule has 6 nitrogen and oxygen atoms in total. The van der Waals surface area contributed by atoms with E-state index in [-0.39, 0.29) is 19.1 Å². The maximum atomic E-state index is 13.5. The zero-order valence-corrected chi connectivity index (χ0v) is 12.6. The van der Waals surface area contributed by atoms with Crippen molar-refractivity contribution in [3.05, 3.63) is 5.82 Å². The van der Waals surface area contributed by atoms with Crippen LogP contribution in [0.3, 0.4) is 0 Å². The molecule has 0 radical (unpaired) electrons. The van der Waals surface area contributed by atoms with Crippen LogP contribution in [0.2, 0.25) is 0 Å². The number of hydrogen-bond acceptors (Lipinski definition) is 6. The summed E-state index contributed by atoms with van der Waals surface area (Å²) in [6.45, 7) is 3.00. The molecule has 20 heavy (non-hydrogen) atoms. The molecule has 2 heterocycles. The van der Waals surface area contributed by atoms with E-state index >= 15 is 0 Å². The molecule has 1 fully saturated rings. The van der Waals surface area contributed by atoms with E-state index in [1.54, 1.807) is 0 Å². The molecule has 1 aromatic heterocycles. The SMILES string of the molecule is CCc1nsc(N(C)C[C@@H]2C[C@H](F)CN2CC(N)=O)n1. The summed E-state index contributed by atoms with van der Waals surface area (Å²) in [6.07, 6.45) is 0.332. The lowest BCUT2D eigenvalue weighted by Gasteiger charge is -2.26.